The molecule has 2 saturated carbocycles. The van der Waals surface area contributed by atoms with E-state index < -0.39 is 0 Å². The lowest BCUT2D eigenvalue weighted by Crippen LogP contribution is -2.49. The number of hydrogen-bond donors (Lipinski definition) is 0. The van der Waals surface area contributed by atoms with Crippen molar-refractivity contribution in [3.05, 3.63) is 36.0 Å². The van der Waals surface area contributed by atoms with E-state index in [1.807, 2.05) is 0 Å². The summed E-state index contributed by atoms with van der Waals surface area (Å²) in [6, 6.07) is 0. The summed E-state index contributed by atoms with van der Waals surface area (Å²) < 4.78 is 5.68. The highest BCUT2D eigenvalue weighted by molar-refractivity contribution is 6.01. The molecule has 0 aromatic rings. The predicted octanol–water partition coefficient (Wildman–Crippen LogP) is 4.00. The highest BCUT2D eigenvalue weighted by atomic mass is 16.5. The van der Waals surface area contributed by atoms with E-state index in [-0.39, 0.29) is 28.7 Å². The van der Waals surface area contributed by atoms with Crippen molar-refractivity contribution in [2.24, 2.45) is 28.6 Å². The number of ether oxygens (including phenoxy) is 1. The van der Waals surface area contributed by atoms with E-state index in [4.69, 9.17) is 4.74 Å². The van der Waals surface area contributed by atoms with Gasteiger partial charge in [-0.2, -0.15) is 0 Å². The molecule has 4 rings (SSSR count). The van der Waals surface area contributed by atoms with Crippen LogP contribution in [-0.4, -0.2) is 17.9 Å². The van der Waals surface area contributed by atoms with Gasteiger partial charge in [0, 0.05) is 17.8 Å². The smallest absolute Gasteiger partial charge is 0.302 e. The second kappa shape index (κ2) is 5.18. The van der Waals surface area contributed by atoms with Crippen LogP contribution in [-0.2, 0) is 14.3 Å². The van der Waals surface area contributed by atoms with Crippen LogP contribution >= 0.6 is 0 Å². The third kappa shape index (κ3) is 2.09. The van der Waals surface area contributed by atoms with E-state index in [1.54, 1.807) is 12.2 Å². The molecule has 4 aliphatic carbocycles. The van der Waals surface area contributed by atoms with Gasteiger partial charge in [0.15, 0.2) is 5.78 Å². The van der Waals surface area contributed by atoms with E-state index in [9.17, 15) is 9.59 Å². The van der Waals surface area contributed by atoms with Gasteiger partial charge in [-0.25, -0.2) is 0 Å². The number of ketones is 1. The molecule has 0 spiro atoms. The average Bonchev–Trinajstić information content (AvgIpc) is 2.84. The molecule has 0 bridgehead atoms. The molecular formula is C21H26O3. The highest BCUT2D eigenvalue weighted by Crippen LogP contribution is 2.63. The lowest BCUT2D eigenvalue weighted by molar-refractivity contribution is -0.155. The van der Waals surface area contributed by atoms with Crippen molar-refractivity contribution in [2.75, 3.05) is 0 Å². The summed E-state index contributed by atoms with van der Waals surface area (Å²) in [5.41, 5.74) is 1.21. The fourth-order valence-corrected chi connectivity index (χ4v) is 6.00. The van der Waals surface area contributed by atoms with Crippen molar-refractivity contribution in [1.82, 2.24) is 0 Å². The SMILES string of the molecule is CC(=O)O[C@H]1CC[C@@H]2[C@H]3C=CC4=CC(=O)C=C[C@]4(C)[C@@H]3CC[C@]12C. The molecule has 0 heterocycles. The van der Waals surface area contributed by atoms with Gasteiger partial charge in [-0.1, -0.05) is 32.1 Å². The summed E-state index contributed by atoms with van der Waals surface area (Å²) >= 11 is 0. The molecule has 0 saturated heterocycles. The number of esters is 1. The van der Waals surface area contributed by atoms with Crippen LogP contribution in [0.25, 0.3) is 0 Å². The summed E-state index contributed by atoms with van der Waals surface area (Å²) in [6.07, 6.45) is 14.6. The number of allylic oxidation sites excluding steroid dienone is 6. The Kier molecular flexibility index (Phi) is 3.42. The number of carbonyl (C=O) groups excluding carboxylic acids is 2. The Morgan fingerprint density at radius 1 is 1.17 bits per heavy atom. The summed E-state index contributed by atoms with van der Waals surface area (Å²) in [5.74, 6) is 1.54. The van der Waals surface area contributed by atoms with Crippen LogP contribution in [0, 0.1) is 28.6 Å². The molecule has 6 atom stereocenters. The zero-order valence-corrected chi connectivity index (χ0v) is 14.7. The summed E-state index contributed by atoms with van der Waals surface area (Å²) in [4.78, 5) is 23.2. The Bertz CT molecular complexity index is 685. The molecule has 3 heteroatoms. The van der Waals surface area contributed by atoms with Gasteiger partial charge in [-0.05, 0) is 61.2 Å². The Balaban J connectivity index is 1.68. The topological polar surface area (TPSA) is 43.4 Å². The first-order chi connectivity index (χ1) is 11.3. The number of hydrogen-bond acceptors (Lipinski definition) is 3. The standard InChI is InChI=1S/C21H26O3/c1-13(22)24-19-7-6-17-16-5-4-14-12-15(23)8-10-20(14,2)18(16)9-11-21(17,19)3/h4-5,8,10,12,16-19H,6-7,9,11H2,1-3H3/t16-,17-,18-,19+,20+,21+/m1/s1. The van der Waals surface area contributed by atoms with Crippen molar-refractivity contribution >= 4 is 11.8 Å². The third-order valence-corrected chi connectivity index (χ3v) is 7.34. The Morgan fingerprint density at radius 3 is 2.71 bits per heavy atom. The molecule has 2 fully saturated rings. The average molecular weight is 326 g/mol. The quantitative estimate of drug-likeness (QED) is 0.684. The molecule has 0 N–H and O–H groups in total. The second-order valence-electron chi connectivity index (χ2n) is 8.49. The van der Waals surface area contributed by atoms with Gasteiger partial charge in [-0.3, -0.25) is 9.59 Å². The summed E-state index contributed by atoms with van der Waals surface area (Å²) in [5, 5.41) is 0. The van der Waals surface area contributed by atoms with Gasteiger partial charge in [0.2, 0.25) is 0 Å². The van der Waals surface area contributed by atoms with E-state index >= 15 is 0 Å². The lowest BCUT2D eigenvalue weighted by Gasteiger charge is -2.54. The summed E-state index contributed by atoms with van der Waals surface area (Å²) in [7, 11) is 0. The third-order valence-electron chi connectivity index (χ3n) is 7.34. The molecular weight excluding hydrogens is 300 g/mol. The molecule has 0 aromatic carbocycles. The fraction of sp³-hybridized carbons (Fsp3) is 0.619. The largest absolute Gasteiger partial charge is 0.462 e. The van der Waals surface area contributed by atoms with Gasteiger partial charge in [0.25, 0.3) is 0 Å². The zero-order chi connectivity index (χ0) is 17.1. The van der Waals surface area contributed by atoms with Crippen molar-refractivity contribution in [3.63, 3.8) is 0 Å². The van der Waals surface area contributed by atoms with Crippen LogP contribution in [0.5, 0.6) is 0 Å². The van der Waals surface area contributed by atoms with Crippen molar-refractivity contribution in [1.29, 1.82) is 0 Å². The van der Waals surface area contributed by atoms with E-state index in [1.165, 1.54) is 6.92 Å². The first-order valence-electron chi connectivity index (χ1n) is 9.15. The molecule has 4 aliphatic rings. The van der Waals surface area contributed by atoms with Crippen LogP contribution in [0.3, 0.4) is 0 Å². The van der Waals surface area contributed by atoms with Crippen LogP contribution in [0.15, 0.2) is 36.0 Å². The molecule has 0 unspecified atom stereocenters. The number of carbonyl (C=O) groups is 2. The van der Waals surface area contributed by atoms with E-state index in [2.05, 4.69) is 32.1 Å². The van der Waals surface area contributed by atoms with Crippen molar-refractivity contribution in [3.8, 4) is 0 Å². The van der Waals surface area contributed by atoms with Gasteiger partial charge >= 0.3 is 5.97 Å². The minimum atomic E-state index is -0.158. The molecule has 0 radical (unpaired) electrons. The maximum absolute atomic E-state index is 11.8. The molecule has 3 nitrogen and oxygen atoms in total. The van der Waals surface area contributed by atoms with Gasteiger partial charge in [-0.15, -0.1) is 0 Å². The Morgan fingerprint density at radius 2 is 1.96 bits per heavy atom. The van der Waals surface area contributed by atoms with Crippen molar-refractivity contribution in [2.45, 2.75) is 52.6 Å². The van der Waals surface area contributed by atoms with Gasteiger partial charge in [0.1, 0.15) is 6.10 Å². The summed E-state index contributed by atoms with van der Waals surface area (Å²) in [6.45, 7) is 6.12. The number of fused-ring (bicyclic) bond motifs is 5. The van der Waals surface area contributed by atoms with E-state index in [0.717, 1.165) is 31.3 Å². The normalized spacial score (nSPS) is 46.0. The Hall–Kier alpha value is -1.64. The maximum atomic E-state index is 11.8. The van der Waals surface area contributed by atoms with Crippen LogP contribution in [0.4, 0.5) is 0 Å². The van der Waals surface area contributed by atoms with Crippen LogP contribution in [0.1, 0.15) is 46.5 Å². The van der Waals surface area contributed by atoms with Gasteiger partial charge < -0.3 is 4.74 Å². The first-order valence-corrected chi connectivity index (χ1v) is 9.15. The monoisotopic (exact) mass is 326 g/mol. The maximum Gasteiger partial charge on any atom is 0.302 e. The molecule has 0 aromatic heterocycles. The number of rotatable bonds is 1. The van der Waals surface area contributed by atoms with Crippen LogP contribution in [0.2, 0.25) is 0 Å². The molecule has 128 valence electrons. The second-order valence-corrected chi connectivity index (χ2v) is 8.49. The molecule has 24 heavy (non-hydrogen) atoms. The lowest BCUT2D eigenvalue weighted by atomic mass is 9.50. The first kappa shape index (κ1) is 15.9. The minimum Gasteiger partial charge on any atom is -0.462 e. The molecule has 0 aliphatic heterocycles. The predicted molar refractivity (Wildman–Crippen MR) is 92.1 cm³/mol. The van der Waals surface area contributed by atoms with Gasteiger partial charge in [0.05, 0.1) is 0 Å². The minimum absolute atomic E-state index is 0.0336. The van der Waals surface area contributed by atoms with Crippen LogP contribution < -0.4 is 0 Å². The zero-order valence-electron chi connectivity index (χ0n) is 14.7. The van der Waals surface area contributed by atoms with Crippen molar-refractivity contribution < 1.29 is 14.3 Å². The molecule has 0 amide bonds. The fourth-order valence-electron chi connectivity index (χ4n) is 6.00. The highest BCUT2D eigenvalue weighted by Gasteiger charge is 2.58. The Labute approximate surface area is 143 Å². The van der Waals surface area contributed by atoms with E-state index in [0.29, 0.717) is 17.8 Å².